The quantitative estimate of drug-likeness (QED) is 0.591. The first kappa shape index (κ1) is 12.5. The Kier molecular flexibility index (Phi) is 4.52. The SMILES string of the molecule is FC(F)C1=C/CC(C2CCCCC2)=CC/C=C\1. The van der Waals surface area contributed by atoms with Gasteiger partial charge in [0.25, 0.3) is 6.43 Å². The molecule has 2 aliphatic rings. The van der Waals surface area contributed by atoms with Crippen molar-refractivity contribution in [2.75, 3.05) is 0 Å². The molecule has 0 unspecified atom stereocenters. The van der Waals surface area contributed by atoms with Gasteiger partial charge in [0.1, 0.15) is 0 Å². The third kappa shape index (κ3) is 3.52. The lowest BCUT2D eigenvalue weighted by Crippen LogP contribution is -2.09. The first-order valence-corrected chi connectivity index (χ1v) is 6.61. The van der Waals surface area contributed by atoms with Crippen LogP contribution < -0.4 is 0 Å². The van der Waals surface area contributed by atoms with Crippen molar-refractivity contribution in [2.45, 2.75) is 51.4 Å². The average molecular weight is 238 g/mol. The van der Waals surface area contributed by atoms with Crippen LogP contribution in [0.15, 0.2) is 35.5 Å². The van der Waals surface area contributed by atoms with Gasteiger partial charge >= 0.3 is 0 Å². The molecule has 0 spiro atoms. The summed E-state index contributed by atoms with van der Waals surface area (Å²) in [7, 11) is 0. The summed E-state index contributed by atoms with van der Waals surface area (Å²) in [6.07, 6.45) is 13.0. The number of rotatable bonds is 2. The van der Waals surface area contributed by atoms with Gasteiger partial charge in [0, 0.05) is 5.57 Å². The third-order valence-corrected chi connectivity index (χ3v) is 3.78. The van der Waals surface area contributed by atoms with Crippen molar-refractivity contribution in [1.82, 2.24) is 0 Å². The van der Waals surface area contributed by atoms with Crippen LogP contribution in [0.5, 0.6) is 0 Å². The first-order chi connectivity index (χ1) is 8.27. The fourth-order valence-electron chi connectivity index (χ4n) is 2.78. The van der Waals surface area contributed by atoms with Gasteiger partial charge in [-0.1, -0.05) is 49.1 Å². The molecule has 2 heteroatoms. The van der Waals surface area contributed by atoms with Crippen molar-refractivity contribution in [1.29, 1.82) is 0 Å². The molecule has 2 aliphatic carbocycles. The predicted molar refractivity (Wildman–Crippen MR) is 67.1 cm³/mol. The molecule has 0 bridgehead atoms. The maximum Gasteiger partial charge on any atom is 0.263 e. The van der Waals surface area contributed by atoms with Gasteiger partial charge in [-0.15, -0.1) is 0 Å². The zero-order valence-corrected chi connectivity index (χ0v) is 10.2. The highest BCUT2D eigenvalue weighted by Gasteiger charge is 2.18. The topological polar surface area (TPSA) is 0 Å². The van der Waals surface area contributed by atoms with Crippen LogP contribution in [0.2, 0.25) is 0 Å². The van der Waals surface area contributed by atoms with Crippen LogP contribution in [0, 0.1) is 5.92 Å². The first-order valence-electron chi connectivity index (χ1n) is 6.61. The van der Waals surface area contributed by atoms with Crippen molar-refractivity contribution in [3.63, 3.8) is 0 Å². The molecule has 0 nitrogen and oxygen atoms in total. The molecule has 0 amide bonds. The molecule has 0 aromatic heterocycles. The molecule has 0 aromatic carbocycles. The van der Waals surface area contributed by atoms with Crippen LogP contribution in [0.4, 0.5) is 8.78 Å². The lowest BCUT2D eigenvalue weighted by atomic mass is 9.81. The summed E-state index contributed by atoms with van der Waals surface area (Å²) < 4.78 is 25.3. The van der Waals surface area contributed by atoms with Gasteiger partial charge in [-0.05, 0) is 31.6 Å². The summed E-state index contributed by atoms with van der Waals surface area (Å²) in [5, 5.41) is 0. The van der Waals surface area contributed by atoms with Crippen LogP contribution in [0.3, 0.4) is 0 Å². The molecule has 2 rings (SSSR count). The fraction of sp³-hybridized carbons (Fsp3) is 0.600. The summed E-state index contributed by atoms with van der Waals surface area (Å²) in [6.45, 7) is 0. The molecule has 1 fully saturated rings. The molecule has 0 saturated heterocycles. The van der Waals surface area contributed by atoms with Crippen LogP contribution >= 0.6 is 0 Å². The van der Waals surface area contributed by atoms with E-state index in [1.54, 1.807) is 12.2 Å². The van der Waals surface area contributed by atoms with E-state index in [9.17, 15) is 8.78 Å². The molecular formula is C15H20F2. The third-order valence-electron chi connectivity index (χ3n) is 3.78. The van der Waals surface area contributed by atoms with E-state index in [0.29, 0.717) is 12.3 Å². The Labute approximate surface area is 102 Å². The minimum absolute atomic E-state index is 0.186. The zero-order valence-electron chi connectivity index (χ0n) is 10.2. The molecule has 94 valence electrons. The lowest BCUT2D eigenvalue weighted by Gasteiger charge is -2.24. The van der Waals surface area contributed by atoms with Gasteiger partial charge in [0.15, 0.2) is 0 Å². The minimum atomic E-state index is -2.34. The number of alkyl halides is 2. The average Bonchev–Trinajstić information content (AvgIpc) is 2.29. The van der Waals surface area contributed by atoms with Gasteiger partial charge in [0.2, 0.25) is 0 Å². The van der Waals surface area contributed by atoms with Crippen LogP contribution in [-0.2, 0) is 0 Å². The molecular weight excluding hydrogens is 218 g/mol. The van der Waals surface area contributed by atoms with E-state index in [2.05, 4.69) is 6.08 Å². The van der Waals surface area contributed by atoms with Gasteiger partial charge in [-0.25, -0.2) is 8.78 Å². The number of hydrogen-bond donors (Lipinski definition) is 0. The second-order valence-electron chi connectivity index (χ2n) is 4.96. The monoisotopic (exact) mass is 238 g/mol. The summed E-state index contributed by atoms with van der Waals surface area (Å²) in [4.78, 5) is 0. The second kappa shape index (κ2) is 6.13. The van der Waals surface area contributed by atoms with Crippen LogP contribution in [0.1, 0.15) is 44.9 Å². The Morgan fingerprint density at radius 1 is 1.06 bits per heavy atom. The maximum atomic E-state index is 12.7. The van der Waals surface area contributed by atoms with E-state index >= 15 is 0 Å². The normalized spacial score (nSPS) is 27.9. The molecule has 0 aromatic rings. The van der Waals surface area contributed by atoms with E-state index in [0.717, 1.165) is 6.42 Å². The number of halogens is 2. The van der Waals surface area contributed by atoms with Gasteiger partial charge in [0.05, 0.1) is 0 Å². The molecule has 0 aliphatic heterocycles. The Hall–Kier alpha value is -0.920. The number of allylic oxidation sites excluding steroid dienone is 6. The summed E-state index contributed by atoms with van der Waals surface area (Å²) >= 11 is 0. The van der Waals surface area contributed by atoms with E-state index in [-0.39, 0.29) is 5.57 Å². The molecule has 1 saturated carbocycles. The Morgan fingerprint density at radius 3 is 2.53 bits per heavy atom. The molecule has 0 atom stereocenters. The Balaban J connectivity index is 2.06. The van der Waals surface area contributed by atoms with Crippen molar-refractivity contribution in [3.8, 4) is 0 Å². The number of hydrogen-bond acceptors (Lipinski definition) is 0. The summed E-state index contributed by atoms with van der Waals surface area (Å²) in [6, 6.07) is 0. The smallest absolute Gasteiger partial charge is 0.205 e. The van der Waals surface area contributed by atoms with E-state index in [4.69, 9.17) is 0 Å². The molecule has 0 N–H and O–H groups in total. The summed E-state index contributed by atoms with van der Waals surface area (Å²) in [5.41, 5.74) is 1.57. The van der Waals surface area contributed by atoms with Gasteiger partial charge in [-0.3, -0.25) is 0 Å². The van der Waals surface area contributed by atoms with Crippen molar-refractivity contribution >= 4 is 0 Å². The van der Waals surface area contributed by atoms with Crippen LogP contribution in [-0.4, -0.2) is 6.43 Å². The minimum Gasteiger partial charge on any atom is -0.205 e. The van der Waals surface area contributed by atoms with E-state index in [1.807, 2.05) is 6.08 Å². The van der Waals surface area contributed by atoms with Crippen molar-refractivity contribution in [3.05, 3.63) is 35.5 Å². The standard InChI is InChI=1S/C15H20F2/c16-15(17)14-9-5-4-8-13(10-11-14)12-6-2-1-3-7-12/h5,8-9,11-12,15H,1-4,6-7,10H2/b9-5-,13-8?,14-11+. The molecule has 0 radical (unpaired) electrons. The van der Waals surface area contributed by atoms with Crippen molar-refractivity contribution in [2.24, 2.45) is 5.92 Å². The Morgan fingerprint density at radius 2 is 1.82 bits per heavy atom. The fourth-order valence-corrected chi connectivity index (χ4v) is 2.78. The van der Waals surface area contributed by atoms with Crippen molar-refractivity contribution < 1.29 is 8.78 Å². The molecule has 17 heavy (non-hydrogen) atoms. The Bertz CT molecular complexity index is 331. The highest BCUT2D eigenvalue weighted by molar-refractivity contribution is 5.27. The summed E-state index contributed by atoms with van der Waals surface area (Å²) in [5.74, 6) is 0.644. The van der Waals surface area contributed by atoms with E-state index < -0.39 is 6.43 Å². The lowest BCUT2D eigenvalue weighted by molar-refractivity contribution is 0.193. The van der Waals surface area contributed by atoms with Crippen LogP contribution in [0.25, 0.3) is 0 Å². The second-order valence-corrected chi connectivity index (χ2v) is 4.96. The maximum absolute atomic E-state index is 12.7. The highest BCUT2D eigenvalue weighted by atomic mass is 19.3. The van der Waals surface area contributed by atoms with E-state index in [1.165, 1.54) is 37.7 Å². The zero-order chi connectivity index (χ0) is 12.1. The predicted octanol–water partition coefficient (Wildman–Crippen LogP) is 5.03. The van der Waals surface area contributed by atoms with Gasteiger partial charge in [-0.2, -0.15) is 0 Å². The van der Waals surface area contributed by atoms with Gasteiger partial charge < -0.3 is 0 Å². The molecule has 0 heterocycles. The largest absolute Gasteiger partial charge is 0.263 e. The highest BCUT2D eigenvalue weighted by Crippen LogP contribution is 2.33.